The second-order valence-electron chi connectivity index (χ2n) is 3.42. The van der Waals surface area contributed by atoms with Crippen LogP contribution in [-0.2, 0) is 11.4 Å². The zero-order chi connectivity index (χ0) is 11.3. The van der Waals surface area contributed by atoms with Crippen molar-refractivity contribution in [3.8, 4) is 0 Å². The fraction of sp³-hybridized carbons (Fsp3) is 0.364. The van der Waals surface area contributed by atoms with Crippen LogP contribution >= 0.6 is 11.8 Å². The van der Waals surface area contributed by atoms with Crippen LogP contribution in [0.3, 0.4) is 0 Å². The summed E-state index contributed by atoms with van der Waals surface area (Å²) < 4.78 is 0. The van der Waals surface area contributed by atoms with Crippen molar-refractivity contribution in [3.05, 3.63) is 29.8 Å². The van der Waals surface area contributed by atoms with Crippen molar-refractivity contribution in [1.82, 2.24) is 0 Å². The first-order valence-electron chi connectivity index (χ1n) is 4.75. The third-order valence-corrected chi connectivity index (χ3v) is 3.36. The van der Waals surface area contributed by atoms with Gasteiger partial charge in [-0.1, -0.05) is 19.1 Å². The monoisotopic (exact) mass is 225 g/mol. The Hall–Kier alpha value is -1.00. The molecule has 82 valence electrons. The van der Waals surface area contributed by atoms with Crippen LogP contribution in [-0.4, -0.2) is 16.8 Å². The second-order valence-corrected chi connectivity index (χ2v) is 4.51. The lowest BCUT2D eigenvalue weighted by Gasteiger charge is -2.06. The minimum absolute atomic E-state index is 0.0582. The van der Waals surface area contributed by atoms with Crippen LogP contribution < -0.4 is 5.73 Å². The summed E-state index contributed by atoms with van der Waals surface area (Å²) in [6, 6.07) is 7.61. The predicted octanol–water partition coefficient (Wildman–Crippen LogP) is 1.39. The quantitative estimate of drug-likeness (QED) is 0.744. The van der Waals surface area contributed by atoms with E-state index in [4.69, 9.17) is 10.8 Å². The Morgan fingerprint density at radius 2 is 2.07 bits per heavy atom. The average Bonchev–Trinajstić information content (AvgIpc) is 2.26. The summed E-state index contributed by atoms with van der Waals surface area (Å²) in [7, 11) is 0. The number of benzene rings is 1. The standard InChI is InChI=1S/C11H15NO2S/c1-8(11(12)14)7-15-10-4-2-9(6-13)3-5-10/h2-5,8,13H,6-7H2,1H3,(H2,12,14). The summed E-state index contributed by atoms with van der Waals surface area (Å²) in [6.07, 6.45) is 0. The summed E-state index contributed by atoms with van der Waals surface area (Å²) in [5.41, 5.74) is 6.05. The van der Waals surface area contributed by atoms with Crippen LogP contribution in [0.5, 0.6) is 0 Å². The topological polar surface area (TPSA) is 63.3 Å². The molecule has 4 heteroatoms. The summed E-state index contributed by atoms with van der Waals surface area (Å²) in [5.74, 6) is 0.301. The molecule has 0 bridgehead atoms. The average molecular weight is 225 g/mol. The highest BCUT2D eigenvalue weighted by Crippen LogP contribution is 2.20. The van der Waals surface area contributed by atoms with E-state index in [0.29, 0.717) is 5.75 Å². The van der Waals surface area contributed by atoms with Gasteiger partial charge in [0, 0.05) is 16.6 Å². The van der Waals surface area contributed by atoms with Crippen LogP contribution in [0.15, 0.2) is 29.2 Å². The van der Waals surface area contributed by atoms with Crippen LogP contribution in [0.1, 0.15) is 12.5 Å². The molecule has 0 aromatic heterocycles. The van der Waals surface area contributed by atoms with E-state index in [1.54, 1.807) is 11.8 Å². The molecule has 0 radical (unpaired) electrons. The number of thioether (sulfide) groups is 1. The molecular weight excluding hydrogens is 210 g/mol. The molecule has 3 N–H and O–H groups in total. The number of aliphatic hydroxyl groups excluding tert-OH is 1. The number of amides is 1. The van der Waals surface area contributed by atoms with Crippen LogP contribution in [0.25, 0.3) is 0 Å². The number of hydrogen-bond acceptors (Lipinski definition) is 3. The van der Waals surface area contributed by atoms with Crippen molar-refractivity contribution in [2.75, 3.05) is 5.75 Å². The van der Waals surface area contributed by atoms with Crippen LogP contribution in [0, 0.1) is 5.92 Å². The maximum absolute atomic E-state index is 10.8. The molecule has 0 aliphatic rings. The third-order valence-electron chi connectivity index (χ3n) is 2.09. The Balaban J connectivity index is 2.47. The van der Waals surface area contributed by atoms with Gasteiger partial charge in [-0.25, -0.2) is 0 Å². The molecule has 1 atom stereocenters. The maximum Gasteiger partial charge on any atom is 0.221 e. The van der Waals surface area contributed by atoms with E-state index in [9.17, 15) is 4.79 Å². The predicted molar refractivity (Wildman–Crippen MR) is 61.4 cm³/mol. The van der Waals surface area contributed by atoms with Crippen LogP contribution in [0.4, 0.5) is 0 Å². The Morgan fingerprint density at radius 3 is 2.53 bits per heavy atom. The summed E-state index contributed by atoms with van der Waals surface area (Å²) in [5, 5.41) is 8.85. The highest BCUT2D eigenvalue weighted by molar-refractivity contribution is 7.99. The molecule has 1 amide bonds. The van der Waals surface area contributed by atoms with Crippen molar-refractivity contribution in [1.29, 1.82) is 0 Å². The van der Waals surface area contributed by atoms with Crippen LogP contribution in [0.2, 0.25) is 0 Å². The lowest BCUT2D eigenvalue weighted by molar-refractivity contribution is -0.120. The first-order valence-corrected chi connectivity index (χ1v) is 5.74. The number of primary amides is 1. The van der Waals surface area contributed by atoms with E-state index in [1.165, 1.54) is 0 Å². The number of aliphatic hydroxyl groups is 1. The smallest absolute Gasteiger partial charge is 0.221 e. The van der Waals surface area contributed by atoms with Crippen molar-refractivity contribution >= 4 is 17.7 Å². The number of carbonyl (C=O) groups excluding carboxylic acids is 1. The van der Waals surface area contributed by atoms with Crippen molar-refractivity contribution in [2.24, 2.45) is 11.7 Å². The zero-order valence-corrected chi connectivity index (χ0v) is 9.46. The molecule has 1 unspecified atom stereocenters. The SMILES string of the molecule is CC(CSc1ccc(CO)cc1)C(N)=O. The Labute approximate surface area is 93.7 Å². The Kier molecular flexibility index (Phi) is 4.65. The lowest BCUT2D eigenvalue weighted by Crippen LogP contribution is -2.22. The molecule has 15 heavy (non-hydrogen) atoms. The molecule has 1 aromatic carbocycles. The molecule has 0 saturated heterocycles. The summed E-state index contributed by atoms with van der Waals surface area (Å²) in [4.78, 5) is 11.9. The minimum Gasteiger partial charge on any atom is -0.392 e. The highest BCUT2D eigenvalue weighted by atomic mass is 32.2. The fourth-order valence-electron chi connectivity index (χ4n) is 0.994. The van der Waals surface area contributed by atoms with Gasteiger partial charge in [0.15, 0.2) is 0 Å². The first kappa shape index (κ1) is 12.1. The first-order chi connectivity index (χ1) is 7.13. The van der Waals surface area contributed by atoms with Crippen molar-refractivity contribution in [3.63, 3.8) is 0 Å². The van der Waals surface area contributed by atoms with Gasteiger partial charge in [-0.05, 0) is 17.7 Å². The molecule has 3 nitrogen and oxygen atoms in total. The number of nitrogens with two attached hydrogens (primary N) is 1. The Morgan fingerprint density at radius 1 is 1.47 bits per heavy atom. The third kappa shape index (κ3) is 3.93. The minimum atomic E-state index is -0.269. The van der Waals surface area contributed by atoms with E-state index in [2.05, 4.69) is 0 Å². The van der Waals surface area contributed by atoms with Gasteiger partial charge in [0.05, 0.1) is 6.61 Å². The van der Waals surface area contributed by atoms with E-state index in [-0.39, 0.29) is 18.4 Å². The Bertz CT molecular complexity index is 324. The summed E-state index contributed by atoms with van der Waals surface area (Å²) in [6.45, 7) is 1.88. The lowest BCUT2D eigenvalue weighted by atomic mass is 10.2. The molecule has 0 saturated carbocycles. The maximum atomic E-state index is 10.8. The van der Waals surface area contributed by atoms with E-state index in [0.717, 1.165) is 10.5 Å². The van der Waals surface area contributed by atoms with Gasteiger partial charge < -0.3 is 10.8 Å². The van der Waals surface area contributed by atoms with Gasteiger partial charge in [0.1, 0.15) is 0 Å². The van der Waals surface area contributed by atoms with Gasteiger partial charge in [0.2, 0.25) is 5.91 Å². The van der Waals surface area contributed by atoms with Gasteiger partial charge in [-0.3, -0.25) is 4.79 Å². The molecule has 0 aliphatic heterocycles. The van der Waals surface area contributed by atoms with Crippen molar-refractivity contribution < 1.29 is 9.90 Å². The van der Waals surface area contributed by atoms with E-state index >= 15 is 0 Å². The largest absolute Gasteiger partial charge is 0.392 e. The number of hydrogen-bond donors (Lipinski definition) is 2. The molecule has 0 spiro atoms. The summed E-state index contributed by atoms with van der Waals surface area (Å²) >= 11 is 1.59. The van der Waals surface area contributed by atoms with E-state index in [1.807, 2.05) is 31.2 Å². The molecule has 1 rings (SSSR count). The second kappa shape index (κ2) is 5.78. The number of rotatable bonds is 5. The molecule has 0 heterocycles. The van der Waals surface area contributed by atoms with E-state index < -0.39 is 0 Å². The van der Waals surface area contributed by atoms with Crippen molar-refractivity contribution in [2.45, 2.75) is 18.4 Å². The van der Waals surface area contributed by atoms with Gasteiger partial charge in [-0.2, -0.15) is 0 Å². The van der Waals surface area contributed by atoms with Gasteiger partial charge in [0.25, 0.3) is 0 Å². The molecular formula is C11H15NO2S. The van der Waals surface area contributed by atoms with Gasteiger partial charge in [-0.15, -0.1) is 11.8 Å². The highest BCUT2D eigenvalue weighted by Gasteiger charge is 2.08. The number of carbonyl (C=O) groups is 1. The van der Waals surface area contributed by atoms with Gasteiger partial charge >= 0.3 is 0 Å². The molecule has 1 aromatic rings. The zero-order valence-electron chi connectivity index (χ0n) is 8.64. The fourth-order valence-corrected chi connectivity index (χ4v) is 1.93. The normalized spacial score (nSPS) is 12.4. The molecule has 0 aliphatic carbocycles. The molecule has 0 fully saturated rings.